The summed E-state index contributed by atoms with van der Waals surface area (Å²) < 4.78 is 0. The maximum absolute atomic E-state index is 12.2. The zero-order valence-electron chi connectivity index (χ0n) is 10.9. The van der Waals surface area contributed by atoms with Crippen molar-refractivity contribution in [2.45, 2.75) is 26.2 Å². The number of carbonyl (C=O) groups excluding carboxylic acids is 2. The van der Waals surface area contributed by atoms with E-state index >= 15 is 0 Å². The Bertz CT molecular complexity index is 343. The smallest absolute Gasteiger partial charge is 0.323 e. The predicted octanol–water partition coefficient (Wildman–Crippen LogP) is 0.178. The molecule has 0 bridgehead atoms. The lowest BCUT2D eigenvalue weighted by atomic mass is 9.95. The van der Waals surface area contributed by atoms with Gasteiger partial charge in [-0.15, -0.1) is 0 Å². The van der Waals surface area contributed by atoms with Crippen LogP contribution in [0.3, 0.4) is 0 Å². The Hall–Kier alpha value is -1.59. The van der Waals surface area contributed by atoms with E-state index in [4.69, 9.17) is 5.11 Å². The minimum absolute atomic E-state index is 0.0497. The lowest BCUT2D eigenvalue weighted by molar-refractivity contribution is -0.149. The van der Waals surface area contributed by atoms with Crippen LogP contribution in [0.5, 0.6) is 0 Å². The molecule has 1 atom stereocenters. The number of carboxylic acid groups (broad SMARTS) is 1. The SMILES string of the molecule is CCCN(CC(=O)O)C(=O)[C@H]1CCN(C)C(=O)C1. The second-order valence-corrected chi connectivity index (χ2v) is 4.66. The van der Waals surface area contributed by atoms with Crippen molar-refractivity contribution in [2.24, 2.45) is 5.92 Å². The molecule has 0 aromatic heterocycles. The molecule has 0 saturated carbocycles. The third kappa shape index (κ3) is 3.72. The van der Waals surface area contributed by atoms with Crippen LogP contribution >= 0.6 is 0 Å². The summed E-state index contributed by atoms with van der Waals surface area (Å²) in [4.78, 5) is 37.4. The Balaban J connectivity index is 2.65. The van der Waals surface area contributed by atoms with Gasteiger partial charge in [0.05, 0.1) is 0 Å². The van der Waals surface area contributed by atoms with Crippen molar-refractivity contribution in [3.05, 3.63) is 0 Å². The van der Waals surface area contributed by atoms with Gasteiger partial charge in [-0.25, -0.2) is 0 Å². The number of hydrogen-bond donors (Lipinski definition) is 1. The summed E-state index contributed by atoms with van der Waals surface area (Å²) in [5.41, 5.74) is 0. The van der Waals surface area contributed by atoms with Crippen LogP contribution in [-0.2, 0) is 14.4 Å². The normalized spacial score (nSPS) is 19.8. The summed E-state index contributed by atoms with van der Waals surface area (Å²) in [5.74, 6) is -1.64. The van der Waals surface area contributed by atoms with Crippen LogP contribution in [0.15, 0.2) is 0 Å². The highest BCUT2D eigenvalue weighted by atomic mass is 16.4. The van der Waals surface area contributed by atoms with Crippen LogP contribution in [0.25, 0.3) is 0 Å². The maximum Gasteiger partial charge on any atom is 0.323 e. The molecule has 2 amide bonds. The molecule has 1 fully saturated rings. The highest BCUT2D eigenvalue weighted by Gasteiger charge is 2.31. The van der Waals surface area contributed by atoms with E-state index in [1.165, 1.54) is 4.90 Å². The number of hydrogen-bond acceptors (Lipinski definition) is 3. The van der Waals surface area contributed by atoms with Gasteiger partial charge in [0, 0.05) is 32.5 Å². The molecular weight excluding hydrogens is 236 g/mol. The molecule has 0 spiro atoms. The maximum atomic E-state index is 12.2. The molecule has 6 heteroatoms. The standard InChI is InChI=1S/C12H20N2O4/c1-3-5-14(8-11(16)17)12(18)9-4-6-13(2)10(15)7-9/h9H,3-8H2,1-2H3,(H,16,17)/t9-/m0/s1. The first-order valence-corrected chi connectivity index (χ1v) is 6.20. The third-order valence-electron chi connectivity index (χ3n) is 3.14. The molecule has 1 saturated heterocycles. The van der Waals surface area contributed by atoms with Crippen molar-refractivity contribution in [2.75, 3.05) is 26.7 Å². The van der Waals surface area contributed by atoms with Gasteiger partial charge in [-0.3, -0.25) is 14.4 Å². The molecule has 1 rings (SSSR count). The number of nitrogens with zero attached hydrogens (tertiary/aromatic N) is 2. The van der Waals surface area contributed by atoms with Crippen molar-refractivity contribution >= 4 is 17.8 Å². The fourth-order valence-corrected chi connectivity index (χ4v) is 2.11. The fourth-order valence-electron chi connectivity index (χ4n) is 2.11. The van der Waals surface area contributed by atoms with E-state index in [1.807, 2.05) is 6.92 Å². The highest BCUT2D eigenvalue weighted by Crippen LogP contribution is 2.19. The average Bonchev–Trinajstić information content (AvgIpc) is 2.31. The molecule has 0 aromatic rings. The molecule has 0 aromatic carbocycles. The van der Waals surface area contributed by atoms with Gasteiger partial charge in [0.2, 0.25) is 11.8 Å². The molecule has 0 unspecified atom stereocenters. The number of carboxylic acids is 1. The number of amides is 2. The Labute approximate surface area is 107 Å². The van der Waals surface area contributed by atoms with Crippen molar-refractivity contribution < 1.29 is 19.5 Å². The number of carbonyl (C=O) groups is 3. The first-order valence-electron chi connectivity index (χ1n) is 6.20. The molecule has 18 heavy (non-hydrogen) atoms. The summed E-state index contributed by atoms with van der Waals surface area (Å²) in [5, 5.41) is 8.78. The Morgan fingerprint density at radius 1 is 1.50 bits per heavy atom. The van der Waals surface area contributed by atoms with Gasteiger partial charge in [0.1, 0.15) is 6.54 Å². The van der Waals surface area contributed by atoms with Crippen LogP contribution in [0.4, 0.5) is 0 Å². The van der Waals surface area contributed by atoms with Crippen molar-refractivity contribution in [1.82, 2.24) is 9.80 Å². The van der Waals surface area contributed by atoms with Crippen molar-refractivity contribution in [3.8, 4) is 0 Å². The largest absolute Gasteiger partial charge is 0.480 e. The minimum Gasteiger partial charge on any atom is -0.480 e. The van der Waals surface area contributed by atoms with E-state index in [2.05, 4.69) is 0 Å². The van der Waals surface area contributed by atoms with Gasteiger partial charge in [-0.1, -0.05) is 6.92 Å². The van der Waals surface area contributed by atoms with Crippen LogP contribution in [0.1, 0.15) is 26.2 Å². The zero-order valence-corrected chi connectivity index (χ0v) is 10.9. The van der Waals surface area contributed by atoms with Crippen LogP contribution in [-0.4, -0.2) is 59.4 Å². The van der Waals surface area contributed by atoms with Crippen molar-refractivity contribution in [1.29, 1.82) is 0 Å². The number of piperidine rings is 1. The molecule has 1 N–H and O–H groups in total. The number of rotatable bonds is 5. The van der Waals surface area contributed by atoms with Gasteiger partial charge >= 0.3 is 5.97 Å². The monoisotopic (exact) mass is 256 g/mol. The quantitative estimate of drug-likeness (QED) is 0.761. The highest BCUT2D eigenvalue weighted by molar-refractivity contribution is 5.88. The lowest BCUT2D eigenvalue weighted by Gasteiger charge is -2.31. The Morgan fingerprint density at radius 2 is 2.17 bits per heavy atom. The van der Waals surface area contributed by atoms with E-state index in [0.717, 1.165) is 0 Å². The first kappa shape index (κ1) is 14.5. The summed E-state index contributed by atoms with van der Waals surface area (Å²) in [6, 6.07) is 0. The minimum atomic E-state index is -1.02. The predicted molar refractivity (Wildman–Crippen MR) is 64.9 cm³/mol. The number of likely N-dealkylation sites (tertiary alicyclic amines) is 1. The van der Waals surface area contributed by atoms with E-state index in [-0.39, 0.29) is 30.7 Å². The van der Waals surface area contributed by atoms with Gasteiger partial charge in [0.25, 0.3) is 0 Å². The second-order valence-electron chi connectivity index (χ2n) is 4.66. The van der Waals surface area contributed by atoms with E-state index in [0.29, 0.717) is 25.9 Å². The molecule has 1 aliphatic heterocycles. The summed E-state index contributed by atoms with van der Waals surface area (Å²) in [6.07, 6.45) is 1.51. The molecule has 6 nitrogen and oxygen atoms in total. The van der Waals surface area contributed by atoms with Gasteiger partial charge < -0.3 is 14.9 Å². The molecule has 102 valence electrons. The average molecular weight is 256 g/mol. The van der Waals surface area contributed by atoms with Crippen molar-refractivity contribution in [3.63, 3.8) is 0 Å². The van der Waals surface area contributed by atoms with Gasteiger partial charge in [-0.2, -0.15) is 0 Å². The van der Waals surface area contributed by atoms with E-state index < -0.39 is 5.97 Å². The summed E-state index contributed by atoms with van der Waals surface area (Å²) in [7, 11) is 1.71. The van der Waals surface area contributed by atoms with E-state index in [1.54, 1.807) is 11.9 Å². The summed E-state index contributed by atoms with van der Waals surface area (Å²) in [6.45, 7) is 2.59. The van der Waals surface area contributed by atoms with Gasteiger partial charge in [-0.05, 0) is 12.8 Å². The second kappa shape index (κ2) is 6.37. The fraction of sp³-hybridized carbons (Fsp3) is 0.750. The molecule has 1 aliphatic rings. The first-order chi connectivity index (χ1) is 8.45. The Morgan fingerprint density at radius 3 is 2.67 bits per heavy atom. The number of aliphatic carboxylic acids is 1. The molecule has 0 aliphatic carbocycles. The Kier molecular flexibility index (Phi) is 5.12. The van der Waals surface area contributed by atoms with E-state index in [9.17, 15) is 14.4 Å². The van der Waals surface area contributed by atoms with Crippen LogP contribution in [0, 0.1) is 5.92 Å². The topological polar surface area (TPSA) is 77.9 Å². The van der Waals surface area contributed by atoms with Crippen LogP contribution in [0.2, 0.25) is 0 Å². The van der Waals surface area contributed by atoms with Gasteiger partial charge in [0.15, 0.2) is 0 Å². The third-order valence-corrected chi connectivity index (χ3v) is 3.14. The van der Waals surface area contributed by atoms with Crippen LogP contribution < -0.4 is 0 Å². The molecular formula is C12H20N2O4. The summed E-state index contributed by atoms with van der Waals surface area (Å²) >= 11 is 0. The molecule has 0 radical (unpaired) electrons. The lowest BCUT2D eigenvalue weighted by Crippen LogP contribution is -2.45. The zero-order chi connectivity index (χ0) is 13.7. The molecule has 1 heterocycles.